The lowest BCUT2D eigenvalue weighted by Gasteiger charge is -2.11. The number of aromatic nitrogens is 8. The minimum atomic E-state index is 0.793. The highest BCUT2D eigenvalue weighted by Gasteiger charge is 2.14. The minimum absolute atomic E-state index is 0.793. The molecule has 0 saturated heterocycles. The maximum Gasteiger partial charge on any atom is 0.0900 e. The number of pyridine rings is 8. The molecule has 10 aromatic rings. The van der Waals surface area contributed by atoms with E-state index < -0.39 is 0 Å². The monoisotopic (exact) mass is 770 g/mol. The van der Waals surface area contributed by atoms with Crippen molar-refractivity contribution in [3.05, 3.63) is 207 Å². The summed E-state index contributed by atoms with van der Waals surface area (Å²) in [4.78, 5) is 37.6. The van der Waals surface area contributed by atoms with Crippen LogP contribution in [0.3, 0.4) is 0 Å². The molecule has 0 bridgehead atoms. The molecular weight excluding hydrogens is 737 g/mol. The van der Waals surface area contributed by atoms with Crippen molar-refractivity contribution in [1.29, 1.82) is 0 Å². The van der Waals surface area contributed by atoms with Crippen LogP contribution < -0.4 is 0 Å². The van der Waals surface area contributed by atoms with Crippen LogP contribution in [-0.2, 0) is 0 Å². The molecule has 2 aromatic carbocycles. The Morgan fingerprint density at radius 2 is 0.450 bits per heavy atom. The zero-order valence-electron chi connectivity index (χ0n) is 32.2. The summed E-state index contributed by atoms with van der Waals surface area (Å²) in [5, 5.41) is 0. The van der Waals surface area contributed by atoms with E-state index in [0.717, 1.165) is 101 Å². The van der Waals surface area contributed by atoms with Gasteiger partial charge in [-0.1, -0.05) is 72.8 Å². The Morgan fingerprint density at radius 3 is 0.733 bits per heavy atom. The summed E-state index contributed by atoms with van der Waals surface area (Å²) < 4.78 is 0. The highest BCUT2D eigenvalue weighted by atomic mass is 14.8. The van der Waals surface area contributed by atoms with Gasteiger partial charge in [-0.15, -0.1) is 0 Å². The predicted molar refractivity (Wildman–Crippen MR) is 238 cm³/mol. The lowest BCUT2D eigenvalue weighted by atomic mass is 9.98. The SMILES string of the molecule is c1ccc(-c2cc(-c3ccc(-c4ccnc(-c5cc(-c6ccc(-c7cc(-c8ccccn8)nc(-c8ccccn8)c7)cc6)ccn5)c4)cc3)cc(-c3ccccn3)n2)nc1. The normalized spacial score (nSPS) is 11.0. The van der Waals surface area contributed by atoms with Crippen LogP contribution in [0, 0.1) is 0 Å². The van der Waals surface area contributed by atoms with Gasteiger partial charge in [-0.3, -0.25) is 29.9 Å². The van der Waals surface area contributed by atoms with E-state index in [1.54, 1.807) is 24.8 Å². The molecule has 0 aliphatic carbocycles. The molecule has 8 nitrogen and oxygen atoms in total. The Kier molecular flexibility index (Phi) is 9.75. The Labute approximate surface area is 347 Å². The van der Waals surface area contributed by atoms with Gasteiger partial charge in [-0.2, -0.15) is 0 Å². The summed E-state index contributed by atoms with van der Waals surface area (Å²) in [5.41, 5.74) is 16.4. The molecule has 8 aromatic heterocycles. The first-order chi connectivity index (χ1) is 29.7. The molecule has 8 heterocycles. The van der Waals surface area contributed by atoms with Gasteiger partial charge in [0.2, 0.25) is 0 Å². The smallest absolute Gasteiger partial charge is 0.0900 e. The largest absolute Gasteiger partial charge is 0.255 e. The molecule has 0 saturated carbocycles. The summed E-state index contributed by atoms with van der Waals surface area (Å²) in [7, 11) is 0. The van der Waals surface area contributed by atoms with Gasteiger partial charge in [0, 0.05) is 37.2 Å². The topological polar surface area (TPSA) is 103 Å². The van der Waals surface area contributed by atoms with E-state index in [1.165, 1.54) is 0 Å². The first-order valence-electron chi connectivity index (χ1n) is 19.5. The molecule has 0 atom stereocenters. The van der Waals surface area contributed by atoms with Crippen LogP contribution in [-0.4, -0.2) is 39.9 Å². The van der Waals surface area contributed by atoms with Crippen molar-refractivity contribution in [3.8, 4) is 101 Å². The van der Waals surface area contributed by atoms with Crippen LogP contribution in [0.2, 0.25) is 0 Å². The number of hydrogen-bond donors (Lipinski definition) is 0. The molecule has 0 fully saturated rings. The van der Waals surface area contributed by atoms with Crippen molar-refractivity contribution in [2.24, 2.45) is 0 Å². The van der Waals surface area contributed by atoms with Crippen molar-refractivity contribution in [2.75, 3.05) is 0 Å². The van der Waals surface area contributed by atoms with E-state index in [0.29, 0.717) is 0 Å². The van der Waals surface area contributed by atoms with Gasteiger partial charge < -0.3 is 0 Å². The summed E-state index contributed by atoms with van der Waals surface area (Å²) in [6.07, 6.45) is 10.8. The van der Waals surface area contributed by atoms with Gasteiger partial charge in [0.25, 0.3) is 0 Å². The molecule has 282 valence electrons. The molecule has 60 heavy (non-hydrogen) atoms. The van der Waals surface area contributed by atoms with Crippen LogP contribution in [0.4, 0.5) is 0 Å². The standard InChI is InChI=1S/C52H34N8/c1-5-23-53-43(9-1)49-31-41(32-50(59-49)44-10-2-6-24-54-44)37-17-13-35(14-18-37)39-21-27-57-47(29-39)48-30-40(22-28-58-48)36-15-19-38(20-16-36)42-33-51(45-11-3-7-25-55-45)60-52(34-42)46-12-4-8-26-56-46/h1-34H. The molecule has 0 amide bonds. The van der Waals surface area contributed by atoms with E-state index in [4.69, 9.17) is 19.9 Å². The maximum atomic E-state index is 4.93. The van der Waals surface area contributed by atoms with Crippen LogP contribution in [0.25, 0.3) is 101 Å². The summed E-state index contributed by atoms with van der Waals surface area (Å²) in [6.45, 7) is 0. The van der Waals surface area contributed by atoms with Gasteiger partial charge in [-0.05, 0) is 142 Å². The highest BCUT2D eigenvalue weighted by Crippen LogP contribution is 2.34. The summed E-state index contributed by atoms with van der Waals surface area (Å²) >= 11 is 0. The molecule has 0 aliphatic rings. The zero-order chi connectivity index (χ0) is 40.1. The van der Waals surface area contributed by atoms with Crippen LogP contribution in [0.1, 0.15) is 0 Å². The Balaban J connectivity index is 0.918. The van der Waals surface area contributed by atoms with Gasteiger partial charge in [0.15, 0.2) is 0 Å². The molecule has 0 radical (unpaired) electrons. The van der Waals surface area contributed by atoms with Crippen LogP contribution in [0.5, 0.6) is 0 Å². The van der Waals surface area contributed by atoms with Gasteiger partial charge in [0.1, 0.15) is 0 Å². The van der Waals surface area contributed by atoms with E-state index >= 15 is 0 Å². The highest BCUT2D eigenvalue weighted by molar-refractivity contribution is 5.80. The third-order valence-corrected chi connectivity index (χ3v) is 10.2. The molecule has 0 unspecified atom stereocenters. The van der Waals surface area contributed by atoms with Crippen molar-refractivity contribution < 1.29 is 0 Å². The van der Waals surface area contributed by atoms with Gasteiger partial charge >= 0.3 is 0 Å². The first kappa shape index (κ1) is 36.0. The van der Waals surface area contributed by atoms with Crippen molar-refractivity contribution in [1.82, 2.24) is 39.9 Å². The van der Waals surface area contributed by atoms with Crippen LogP contribution in [0.15, 0.2) is 207 Å². The lowest BCUT2D eigenvalue weighted by Crippen LogP contribution is -1.94. The third-order valence-electron chi connectivity index (χ3n) is 10.2. The Morgan fingerprint density at radius 1 is 0.183 bits per heavy atom. The number of nitrogens with zero attached hydrogens (tertiary/aromatic N) is 8. The first-order valence-corrected chi connectivity index (χ1v) is 19.5. The number of hydrogen-bond acceptors (Lipinski definition) is 8. The molecule has 0 N–H and O–H groups in total. The fraction of sp³-hybridized carbons (Fsp3) is 0. The Hall–Kier alpha value is -8.36. The number of rotatable bonds is 9. The minimum Gasteiger partial charge on any atom is -0.255 e. The Bertz CT molecular complexity index is 2730. The average Bonchev–Trinajstić information content (AvgIpc) is 3.35. The lowest BCUT2D eigenvalue weighted by molar-refractivity contribution is 1.22. The third kappa shape index (κ3) is 7.68. The molecule has 0 aliphatic heterocycles. The fourth-order valence-electron chi connectivity index (χ4n) is 7.19. The van der Waals surface area contributed by atoms with Gasteiger partial charge in [-0.25, -0.2) is 9.97 Å². The van der Waals surface area contributed by atoms with Crippen molar-refractivity contribution in [3.63, 3.8) is 0 Å². The van der Waals surface area contributed by atoms with Crippen molar-refractivity contribution >= 4 is 0 Å². The second-order valence-corrected chi connectivity index (χ2v) is 14.1. The molecule has 0 spiro atoms. The van der Waals surface area contributed by atoms with Crippen molar-refractivity contribution in [2.45, 2.75) is 0 Å². The van der Waals surface area contributed by atoms with E-state index in [1.807, 2.05) is 97.3 Å². The fourth-order valence-corrected chi connectivity index (χ4v) is 7.19. The molecule has 10 rings (SSSR count). The molecular formula is C52H34N8. The maximum absolute atomic E-state index is 4.93. The summed E-state index contributed by atoms with van der Waals surface area (Å²) in [5.74, 6) is 0. The van der Waals surface area contributed by atoms with Gasteiger partial charge in [0.05, 0.1) is 56.9 Å². The second-order valence-electron chi connectivity index (χ2n) is 14.1. The van der Waals surface area contributed by atoms with Crippen LogP contribution >= 0.6 is 0 Å². The predicted octanol–water partition coefficient (Wildman–Crippen LogP) is 11.8. The second kappa shape index (κ2) is 16.2. The average molecular weight is 771 g/mol. The van der Waals surface area contributed by atoms with E-state index in [2.05, 4.69) is 105 Å². The quantitative estimate of drug-likeness (QED) is 0.143. The molecule has 8 heteroatoms. The number of benzene rings is 2. The summed E-state index contributed by atoms with van der Waals surface area (Å²) in [6, 6.07) is 57.1. The van der Waals surface area contributed by atoms with E-state index in [-0.39, 0.29) is 0 Å². The zero-order valence-corrected chi connectivity index (χ0v) is 32.2. The van der Waals surface area contributed by atoms with E-state index in [9.17, 15) is 0 Å².